The second-order valence-corrected chi connectivity index (χ2v) is 7.70. The van der Waals surface area contributed by atoms with Crippen LogP contribution in [0.2, 0.25) is 0 Å². The Hall–Kier alpha value is -2.36. The summed E-state index contributed by atoms with van der Waals surface area (Å²) in [5, 5.41) is 15.2. The summed E-state index contributed by atoms with van der Waals surface area (Å²) in [5.41, 5.74) is 1.05. The summed E-state index contributed by atoms with van der Waals surface area (Å²) in [7, 11) is 1.64. The van der Waals surface area contributed by atoms with E-state index in [1.54, 1.807) is 7.11 Å². The fourth-order valence-corrected chi connectivity index (χ4v) is 4.86. The van der Waals surface area contributed by atoms with Gasteiger partial charge < -0.3 is 24.2 Å². The fourth-order valence-electron chi connectivity index (χ4n) is 3.67. The number of hydrogen-bond acceptors (Lipinski definition) is 7. The molecule has 150 valence electrons. The van der Waals surface area contributed by atoms with Crippen molar-refractivity contribution in [2.24, 2.45) is 0 Å². The summed E-state index contributed by atoms with van der Waals surface area (Å²) in [4.78, 5) is 7.29. The number of hydrogen-bond donors (Lipinski definition) is 2. The van der Waals surface area contributed by atoms with Crippen molar-refractivity contribution in [3.8, 4) is 17.4 Å². The molecular weight excluding hydrogens is 380 g/mol. The molecule has 0 bridgehead atoms. The molecule has 0 radical (unpaired) electrons. The molecule has 1 saturated heterocycles. The molecular formula is C19H25N4O4S+. The maximum atomic E-state index is 10.9. The number of morpholine rings is 1. The zero-order chi connectivity index (χ0) is 19.7. The van der Waals surface area contributed by atoms with Crippen LogP contribution >= 0.6 is 11.3 Å². The minimum absolute atomic E-state index is 0.0673. The highest BCUT2D eigenvalue weighted by atomic mass is 32.1. The lowest BCUT2D eigenvalue weighted by Gasteiger charge is -2.31. The van der Waals surface area contributed by atoms with E-state index < -0.39 is 0 Å². The Kier molecular flexibility index (Phi) is 5.38. The number of rotatable bonds is 6. The predicted molar refractivity (Wildman–Crippen MR) is 105 cm³/mol. The average molecular weight is 406 g/mol. The summed E-state index contributed by atoms with van der Waals surface area (Å²) in [6, 6.07) is 5.91. The number of quaternary nitrogens is 1. The van der Waals surface area contributed by atoms with E-state index in [9.17, 15) is 5.11 Å². The summed E-state index contributed by atoms with van der Waals surface area (Å²) in [6.07, 6.45) is 0. The lowest BCUT2D eigenvalue weighted by Crippen LogP contribution is -3.14. The SMILES string of the molecule is CCOc1ccc([C@@H](c2sc3nc(C)nn3c2O)[NH+]2CCOCC2)cc1OC. The second-order valence-electron chi connectivity index (χ2n) is 6.69. The Morgan fingerprint density at radius 1 is 1.32 bits per heavy atom. The highest BCUT2D eigenvalue weighted by Crippen LogP contribution is 2.37. The normalized spacial score (nSPS) is 16.4. The van der Waals surface area contributed by atoms with Gasteiger partial charge in [0.25, 0.3) is 0 Å². The van der Waals surface area contributed by atoms with Crippen molar-refractivity contribution in [3.05, 3.63) is 34.5 Å². The number of ether oxygens (including phenoxy) is 3. The van der Waals surface area contributed by atoms with Crippen molar-refractivity contribution in [2.45, 2.75) is 19.9 Å². The van der Waals surface area contributed by atoms with E-state index in [-0.39, 0.29) is 11.9 Å². The highest BCUT2D eigenvalue weighted by molar-refractivity contribution is 7.17. The molecule has 1 fully saturated rings. The average Bonchev–Trinajstić information content (AvgIpc) is 3.21. The molecule has 0 spiro atoms. The molecule has 1 aliphatic rings. The van der Waals surface area contributed by atoms with E-state index >= 15 is 0 Å². The van der Waals surface area contributed by atoms with Gasteiger partial charge in [0.05, 0.1) is 26.9 Å². The summed E-state index contributed by atoms with van der Waals surface area (Å²) >= 11 is 1.47. The maximum absolute atomic E-state index is 10.9. The maximum Gasteiger partial charge on any atom is 0.235 e. The molecule has 8 nitrogen and oxygen atoms in total. The standard InChI is InChI=1S/C19H24N4O4S/c1-4-27-14-6-5-13(11-15(14)25-3)16(22-7-9-26-10-8-22)17-18(24)23-19(28-17)20-12(2)21-23/h5-6,11,16,24H,4,7-10H2,1-3H3/p+1/t16-/m0/s1. The lowest BCUT2D eigenvalue weighted by molar-refractivity contribution is -0.932. The Morgan fingerprint density at radius 2 is 2.11 bits per heavy atom. The van der Waals surface area contributed by atoms with Crippen molar-refractivity contribution in [3.63, 3.8) is 0 Å². The van der Waals surface area contributed by atoms with Crippen LogP contribution in [0.25, 0.3) is 4.96 Å². The van der Waals surface area contributed by atoms with Crippen molar-refractivity contribution >= 4 is 16.3 Å². The van der Waals surface area contributed by atoms with Gasteiger partial charge in [-0.2, -0.15) is 4.52 Å². The molecule has 28 heavy (non-hydrogen) atoms. The van der Waals surface area contributed by atoms with Crippen LogP contribution in [-0.4, -0.2) is 59.7 Å². The van der Waals surface area contributed by atoms with E-state index in [1.165, 1.54) is 20.8 Å². The summed E-state index contributed by atoms with van der Waals surface area (Å²) in [6.45, 7) is 7.44. The number of thiazole rings is 1. The topological polar surface area (TPSA) is 82.6 Å². The quantitative estimate of drug-likeness (QED) is 0.642. The number of aromatic nitrogens is 3. The van der Waals surface area contributed by atoms with Gasteiger partial charge in [0, 0.05) is 5.56 Å². The number of methoxy groups -OCH3 is 1. The molecule has 0 saturated carbocycles. The van der Waals surface area contributed by atoms with Gasteiger partial charge in [-0.05, 0) is 32.0 Å². The fraction of sp³-hybridized carbons (Fsp3) is 0.474. The van der Waals surface area contributed by atoms with Crippen molar-refractivity contribution in [2.75, 3.05) is 40.0 Å². The first-order chi connectivity index (χ1) is 13.6. The molecule has 0 aliphatic carbocycles. The van der Waals surface area contributed by atoms with Crippen LogP contribution in [-0.2, 0) is 4.74 Å². The van der Waals surface area contributed by atoms with Gasteiger partial charge in [-0.3, -0.25) is 0 Å². The van der Waals surface area contributed by atoms with Crippen molar-refractivity contribution in [1.29, 1.82) is 0 Å². The van der Waals surface area contributed by atoms with Crippen LogP contribution in [0.1, 0.15) is 29.2 Å². The Bertz CT molecular complexity index is 964. The molecule has 3 heterocycles. The zero-order valence-electron chi connectivity index (χ0n) is 16.3. The van der Waals surface area contributed by atoms with Gasteiger partial charge in [0.1, 0.15) is 23.8 Å². The van der Waals surface area contributed by atoms with Crippen LogP contribution in [0.3, 0.4) is 0 Å². The highest BCUT2D eigenvalue weighted by Gasteiger charge is 2.34. The first-order valence-electron chi connectivity index (χ1n) is 9.40. The van der Waals surface area contributed by atoms with Gasteiger partial charge >= 0.3 is 0 Å². The van der Waals surface area contributed by atoms with Crippen LogP contribution in [0.15, 0.2) is 18.2 Å². The number of aryl methyl sites for hydroxylation is 1. The van der Waals surface area contributed by atoms with Crippen molar-refractivity contribution < 1.29 is 24.2 Å². The van der Waals surface area contributed by atoms with Crippen LogP contribution in [0.5, 0.6) is 17.4 Å². The molecule has 0 amide bonds. The number of nitrogens with one attached hydrogen (secondary N) is 1. The monoisotopic (exact) mass is 405 g/mol. The lowest BCUT2D eigenvalue weighted by atomic mass is 10.0. The van der Waals surface area contributed by atoms with Gasteiger partial charge in [-0.1, -0.05) is 11.3 Å². The van der Waals surface area contributed by atoms with Gasteiger partial charge in [-0.15, -0.1) is 5.10 Å². The molecule has 3 aromatic rings. The molecule has 4 rings (SSSR count). The molecule has 1 aliphatic heterocycles. The van der Waals surface area contributed by atoms with Crippen LogP contribution in [0.4, 0.5) is 0 Å². The smallest absolute Gasteiger partial charge is 0.235 e. The third kappa shape index (κ3) is 3.41. The van der Waals surface area contributed by atoms with Crippen molar-refractivity contribution in [1.82, 2.24) is 14.6 Å². The number of nitrogens with zero attached hydrogens (tertiary/aromatic N) is 3. The second kappa shape index (κ2) is 7.94. The zero-order valence-corrected chi connectivity index (χ0v) is 17.1. The largest absolute Gasteiger partial charge is 0.493 e. The van der Waals surface area contributed by atoms with E-state index in [1.807, 2.05) is 32.0 Å². The number of fused-ring (bicyclic) bond motifs is 1. The third-order valence-electron chi connectivity index (χ3n) is 4.93. The molecule has 2 aromatic heterocycles. The van der Waals surface area contributed by atoms with Crippen LogP contribution in [0, 0.1) is 6.92 Å². The minimum Gasteiger partial charge on any atom is -0.493 e. The van der Waals surface area contributed by atoms with E-state index in [2.05, 4.69) is 10.1 Å². The van der Waals surface area contributed by atoms with Gasteiger partial charge in [0.15, 0.2) is 17.5 Å². The predicted octanol–water partition coefficient (Wildman–Crippen LogP) is 1.22. The Morgan fingerprint density at radius 3 is 2.79 bits per heavy atom. The van der Waals surface area contributed by atoms with Crippen LogP contribution < -0.4 is 14.4 Å². The Labute approximate surface area is 167 Å². The van der Waals surface area contributed by atoms with E-state index in [0.717, 1.165) is 23.5 Å². The molecule has 1 aromatic carbocycles. The summed E-state index contributed by atoms with van der Waals surface area (Å²) in [5.74, 6) is 2.20. The molecule has 0 unspecified atom stereocenters. The molecule has 9 heteroatoms. The third-order valence-corrected chi connectivity index (χ3v) is 6.02. The van der Waals surface area contributed by atoms with E-state index in [0.29, 0.717) is 42.1 Å². The molecule has 1 atom stereocenters. The minimum atomic E-state index is -0.0673. The first-order valence-corrected chi connectivity index (χ1v) is 10.2. The number of aromatic hydroxyl groups is 1. The summed E-state index contributed by atoms with van der Waals surface area (Å²) < 4.78 is 18.3. The number of benzene rings is 1. The van der Waals surface area contributed by atoms with Gasteiger partial charge in [-0.25, -0.2) is 4.98 Å². The van der Waals surface area contributed by atoms with Gasteiger partial charge in [0.2, 0.25) is 10.8 Å². The Balaban J connectivity index is 1.81. The van der Waals surface area contributed by atoms with E-state index in [4.69, 9.17) is 14.2 Å². The first kappa shape index (κ1) is 19.0. The molecule has 2 N–H and O–H groups in total.